The third-order valence-electron chi connectivity index (χ3n) is 4.45. The van der Waals surface area contributed by atoms with Gasteiger partial charge in [0.2, 0.25) is 5.95 Å². The summed E-state index contributed by atoms with van der Waals surface area (Å²) in [4.78, 5) is 9.75. The summed E-state index contributed by atoms with van der Waals surface area (Å²) in [7, 11) is 0. The molecule has 1 atom stereocenters. The van der Waals surface area contributed by atoms with E-state index in [9.17, 15) is 13.2 Å². The van der Waals surface area contributed by atoms with E-state index < -0.39 is 11.7 Å². The van der Waals surface area contributed by atoms with E-state index in [4.69, 9.17) is 0 Å². The van der Waals surface area contributed by atoms with Gasteiger partial charge in [-0.2, -0.15) is 13.2 Å². The van der Waals surface area contributed by atoms with Crippen LogP contribution in [0.5, 0.6) is 0 Å². The molecule has 6 heteroatoms. The van der Waals surface area contributed by atoms with Crippen molar-refractivity contribution in [3.05, 3.63) is 36.0 Å². The molecule has 0 amide bonds. The zero-order chi connectivity index (χ0) is 18.4. The Morgan fingerprint density at radius 3 is 2.60 bits per heavy atom. The molecule has 0 fully saturated rings. The van der Waals surface area contributed by atoms with E-state index in [0.717, 1.165) is 50.4 Å². The van der Waals surface area contributed by atoms with Crippen LogP contribution in [-0.4, -0.2) is 23.1 Å². The fourth-order valence-corrected chi connectivity index (χ4v) is 2.66. The summed E-state index contributed by atoms with van der Waals surface area (Å²) in [6.07, 6.45) is 0.448. The maximum absolute atomic E-state index is 12.9. The van der Waals surface area contributed by atoms with E-state index >= 15 is 0 Å². The summed E-state index contributed by atoms with van der Waals surface area (Å²) in [5.41, 5.74) is 0.445. The Hall–Kier alpha value is -1.98. The number of alkyl halides is 3. The van der Waals surface area contributed by atoms with Crippen molar-refractivity contribution in [1.29, 1.82) is 0 Å². The van der Waals surface area contributed by atoms with Gasteiger partial charge in [-0.25, -0.2) is 4.98 Å². The molecule has 1 N–H and O–H groups in total. The lowest BCUT2D eigenvalue weighted by atomic mass is 10.1. The molecule has 0 saturated heterocycles. The van der Waals surface area contributed by atoms with E-state index in [0.29, 0.717) is 17.2 Å². The van der Waals surface area contributed by atoms with Crippen molar-refractivity contribution in [2.75, 3.05) is 18.0 Å². The third-order valence-corrected chi connectivity index (χ3v) is 4.45. The highest BCUT2D eigenvalue weighted by molar-refractivity contribution is 5.61. The number of rotatable bonds is 8. The second-order valence-corrected chi connectivity index (χ2v) is 6.49. The van der Waals surface area contributed by atoms with Crippen LogP contribution < -0.4 is 4.90 Å². The Labute approximate surface area is 147 Å². The molecule has 0 saturated carbocycles. The summed E-state index contributed by atoms with van der Waals surface area (Å²) in [5, 5.41) is 0. The quantitative estimate of drug-likeness (QED) is 0.655. The van der Waals surface area contributed by atoms with Crippen LogP contribution in [0.2, 0.25) is 0 Å². The van der Waals surface area contributed by atoms with Crippen molar-refractivity contribution in [1.82, 2.24) is 9.97 Å². The first-order chi connectivity index (χ1) is 11.8. The van der Waals surface area contributed by atoms with Crippen LogP contribution in [0.4, 0.5) is 19.1 Å². The number of nitrogens with one attached hydrogen (secondary N) is 1. The summed E-state index contributed by atoms with van der Waals surface area (Å²) in [6, 6.07) is 5.32. The number of anilines is 1. The lowest BCUT2D eigenvalue weighted by Gasteiger charge is -2.22. The normalized spacial score (nSPS) is 13.0. The number of benzene rings is 1. The second-order valence-electron chi connectivity index (χ2n) is 6.49. The lowest BCUT2D eigenvalue weighted by Crippen LogP contribution is -2.27. The number of imidazole rings is 1. The minimum atomic E-state index is -4.34. The molecular formula is C19H26F3N3. The smallest absolute Gasteiger partial charge is 0.342 e. The molecule has 0 bridgehead atoms. The van der Waals surface area contributed by atoms with Crippen molar-refractivity contribution in [2.24, 2.45) is 5.92 Å². The Morgan fingerprint density at radius 1 is 1.20 bits per heavy atom. The fourth-order valence-electron chi connectivity index (χ4n) is 2.66. The topological polar surface area (TPSA) is 31.9 Å². The zero-order valence-electron chi connectivity index (χ0n) is 15.0. The molecule has 1 aromatic carbocycles. The predicted octanol–water partition coefficient (Wildman–Crippen LogP) is 5.75. The van der Waals surface area contributed by atoms with Gasteiger partial charge in [0.05, 0.1) is 17.5 Å². The van der Waals surface area contributed by atoms with Crippen LogP contribution >= 0.6 is 0 Å². The number of halogens is 3. The van der Waals surface area contributed by atoms with Crippen LogP contribution in [-0.2, 0) is 6.18 Å². The van der Waals surface area contributed by atoms with Gasteiger partial charge in [-0.3, -0.25) is 0 Å². The third kappa shape index (κ3) is 5.25. The van der Waals surface area contributed by atoms with Gasteiger partial charge in [0, 0.05) is 18.7 Å². The number of hydrogen-bond donors (Lipinski definition) is 1. The number of nitrogens with zero attached hydrogens (tertiary/aromatic N) is 2. The minimum absolute atomic E-state index is 0.493. The SMILES string of the molecule is CCCN(CCC(C)CC)c1ncc(-c2cccc(C(F)(F)F)c2)[nH]1. The van der Waals surface area contributed by atoms with Crippen LogP contribution in [0.1, 0.15) is 45.6 Å². The first-order valence-electron chi connectivity index (χ1n) is 8.82. The highest BCUT2D eigenvalue weighted by atomic mass is 19.4. The predicted molar refractivity (Wildman–Crippen MR) is 95.6 cm³/mol. The van der Waals surface area contributed by atoms with Gasteiger partial charge in [-0.15, -0.1) is 0 Å². The standard InChI is InChI=1S/C19H26F3N3/c1-4-10-25(11-9-14(3)5-2)18-23-13-17(24-18)15-7-6-8-16(12-15)19(20,21)22/h6-8,12-14H,4-5,9-11H2,1-3H3,(H,23,24). The van der Waals surface area contributed by atoms with E-state index in [2.05, 4.69) is 35.6 Å². The average Bonchev–Trinajstić information content (AvgIpc) is 3.07. The maximum atomic E-state index is 12.9. The number of aromatic amines is 1. The molecule has 0 spiro atoms. The van der Waals surface area contributed by atoms with Crippen LogP contribution in [0.15, 0.2) is 30.5 Å². The van der Waals surface area contributed by atoms with Crippen molar-refractivity contribution >= 4 is 5.95 Å². The molecule has 1 aromatic heterocycles. The van der Waals surface area contributed by atoms with Gasteiger partial charge in [0.15, 0.2) is 0 Å². The fraction of sp³-hybridized carbons (Fsp3) is 0.526. The molecule has 138 valence electrons. The van der Waals surface area contributed by atoms with Crippen LogP contribution in [0.3, 0.4) is 0 Å². The van der Waals surface area contributed by atoms with Gasteiger partial charge >= 0.3 is 6.18 Å². The molecule has 0 aliphatic carbocycles. The molecule has 2 aromatic rings. The molecule has 3 nitrogen and oxygen atoms in total. The first-order valence-corrected chi connectivity index (χ1v) is 8.82. The molecule has 1 unspecified atom stereocenters. The second kappa shape index (κ2) is 8.41. The Morgan fingerprint density at radius 2 is 1.96 bits per heavy atom. The highest BCUT2D eigenvalue weighted by Gasteiger charge is 2.30. The van der Waals surface area contributed by atoms with Crippen molar-refractivity contribution < 1.29 is 13.2 Å². The first kappa shape index (κ1) is 19.3. The van der Waals surface area contributed by atoms with Gasteiger partial charge < -0.3 is 9.88 Å². The molecule has 0 radical (unpaired) electrons. The molecule has 2 rings (SSSR count). The lowest BCUT2D eigenvalue weighted by molar-refractivity contribution is -0.137. The van der Waals surface area contributed by atoms with E-state index in [-0.39, 0.29) is 0 Å². The maximum Gasteiger partial charge on any atom is 0.416 e. The Balaban J connectivity index is 2.19. The minimum Gasteiger partial charge on any atom is -0.342 e. The Bertz CT molecular complexity index is 664. The molecule has 25 heavy (non-hydrogen) atoms. The van der Waals surface area contributed by atoms with Gasteiger partial charge in [-0.05, 0) is 30.9 Å². The van der Waals surface area contributed by atoms with Crippen molar-refractivity contribution in [3.63, 3.8) is 0 Å². The zero-order valence-corrected chi connectivity index (χ0v) is 15.0. The van der Waals surface area contributed by atoms with Gasteiger partial charge in [0.1, 0.15) is 0 Å². The largest absolute Gasteiger partial charge is 0.416 e. The van der Waals surface area contributed by atoms with Crippen LogP contribution in [0, 0.1) is 5.92 Å². The van der Waals surface area contributed by atoms with Crippen molar-refractivity contribution in [3.8, 4) is 11.3 Å². The molecule has 1 heterocycles. The van der Waals surface area contributed by atoms with E-state index in [1.807, 2.05) is 0 Å². The van der Waals surface area contributed by atoms with Crippen LogP contribution in [0.25, 0.3) is 11.3 Å². The monoisotopic (exact) mass is 353 g/mol. The molecule has 0 aliphatic heterocycles. The average molecular weight is 353 g/mol. The highest BCUT2D eigenvalue weighted by Crippen LogP contribution is 2.32. The van der Waals surface area contributed by atoms with Gasteiger partial charge in [0.25, 0.3) is 0 Å². The Kier molecular flexibility index (Phi) is 6.51. The summed E-state index contributed by atoms with van der Waals surface area (Å²) >= 11 is 0. The van der Waals surface area contributed by atoms with Crippen molar-refractivity contribution in [2.45, 2.75) is 46.2 Å². The summed E-state index contributed by atoms with van der Waals surface area (Å²) < 4.78 is 38.7. The molecule has 0 aliphatic rings. The number of H-pyrrole nitrogens is 1. The van der Waals surface area contributed by atoms with E-state index in [1.165, 1.54) is 6.07 Å². The summed E-state index contributed by atoms with van der Waals surface area (Å²) in [5.74, 6) is 1.36. The van der Waals surface area contributed by atoms with E-state index in [1.54, 1.807) is 12.3 Å². The number of hydrogen-bond acceptors (Lipinski definition) is 2. The molecular weight excluding hydrogens is 327 g/mol. The number of aromatic nitrogens is 2. The summed E-state index contributed by atoms with van der Waals surface area (Å²) in [6.45, 7) is 8.26. The van der Waals surface area contributed by atoms with Gasteiger partial charge in [-0.1, -0.05) is 39.3 Å².